The van der Waals surface area contributed by atoms with E-state index in [0.29, 0.717) is 13.0 Å². The maximum atomic E-state index is 12.1. The van der Waals surface area contributed by atoms with Crippen molar-refractivity contribution in [1.29, 1.82) is 0 Å². The van der Waals surface area contributed by atoms with Crippen molar-refractivity contribution in [3.63, 3.8) is 0 Å². The highest BCUT2D eigenvalue weighted by Crippen LogP contribution is 2.41. The smallest absolute Gasteiger partial charge is 0.326 e. The van der Waals surface area contributed by atoms with Gasteiger partial charge in [-0.25, -0.2) is 4.79 Å². The van der Waals surface area contributed by atoms with E-state index in [4.69, 9.17) is 9.84 Å². The molecule has 18 heavy (non-hydrogen) atoms. The first kappa shape index (κ1) is 14.7. The molecule has 5 heteroatoms. The molecule has 1 fully saturated rings. The van der Waals surface area contributed by atoms with Crippen LogP contribution < -0.4 is 5.32 Å². The third-order valence-electron chi connectivity index (χ3n) is 3.42. The van der Waals surface area contributed by atoms with E-state index in [1.54, 1.807) is 19.3 Å². The molecule has 0 spiro atoms. The second-order valence-corrected chi connectivity index (χ2v) is 4.74. The Labute approximate surface area is 107 Å². The molecule has 0 radical (unpaired) electrons. The van der Waals surface area contributed by atoms with E-state index in [-0.39, 0.29) is 5.91 Å². The van der Waals surface area contributed by atoms with Crippen LogP contribution in [0.4, 0.5) is 0 Å². The summed E-state index contributed by atoms with van der Waals surface area (Å²) < 4.78 is 5.07. The number of methoxy groups -OCH3 is 1. The van der Waals surface area contributed by atoms with E-state index in [2.05, 4.69) is 5.32 Å². The number of ether oxygens (including phenoxy) is 1. The number of carboxylic acid groups (broad SMARTS) is 1. The van der Waals surface area contributed by atoms with Crippen molar-refractivity contribution in [2.24, 2.45) is 5.41 Å². The molecule has 1 atom stereocenters. The molecule has 102 valence electrons. The summed E-state index contributed by atoms with van der Waals surface area (Å²) in [5, 5.41) is 11.7. The maximum absolute atomic E-state index is 12.1. The van der Waals surface area contributed by atoms with Crippen LogP contribution in [0.25, 0.3) is 0 Å². The lowest BCUT2D eigenvalue weighted by molar-refractivity contribution is -0.148. The molecule has 1 aliphatic rings. The van der Waals surface area contributed by atoms with E-state index < -0.39 is 17.4 Å². The highest BCUT2D eigenvalue weighted by atomic mass is 16.5. The zero-order valence-electron chi connectivity index (χ0n) is 10.9. The Kier molecular flexibility index (Phi) is 5.34. The average Bonchev–Trinajstić information content (AvgIpc) is 2.28. The van der Waals surface area contributed by atoms with Gasteiger partial charge < -0.3 is 15.2 Å². The van der Waals surface area contributed by atoms with Crippen molar-refractivity contribution >= 4 is 11.9 Å². The van der Waals surface area contributed by atoms with Gasteiger partial charge in [-0.15, -0.1) is 0 Å². The summed E-state index contributed by atoms with van der Waals surface area (Å²) in [6, 6.07) is -0.858. The van der Waals surface area contributed by atoms with E-state index in [1.165, 1.54) is 0 Å². The van der Waals surface area contributed by atoms with Crippen molar-refractivity contribution in [3.8, 4) is 0 Å². The van der Waals surface area contributed by atoms with Crippen molar-refractivity contribution in [3.05, 3.63) is 12.2 Å². The zero-order valence-corrected chi connectivity index (χ0v) is 10.9. The van der Waals surface area contributed by atoms with Gasteiger partial charge in [-0.3, -0.25) is 4.79 Å². The summed E-state index contributed by atoms with van der Waals surface area (Å²) >= 11 is 0. The Balaban J connectivity index is 2.62. The first-order valence-electron chi connectivity index (χ1n) is 6.19. The number of hydrogen-bond donors (Lipinski definition) is 2. The second-order valence-electron chi connectivity index (χ2n) is 4.74. The number of rotatable bonds is 7. The standard InChI is InChI=1S/C13H21NO4/c1-3-4-6-10(11(15)16)14-12(17)13(9-18-2)7-5-8-13/h3-4,10H,5-9H2,1-2H3,(H,14,17)(H,15,16)/b4-3+. The van der Waals surface area contributed by atoms with Gasteiger partial charge in [-0.2, -0.15) is 0 Å². The molecule has 0 aliphatic heterocycles. The topological polar surface area (TPSA) is 75.6 Å². The number of hydrogen-bond acceptors (Lipinski definition) is 3. The van der Waals surface area contributed by atoms with Gasteiger partial charge in [0, 0.05) is 7.11 Å². The summed E-state index contributed by atoms with van der Waals surface area (Å²) in [6.07, 6.45) is 6.34. The quantitative estimate of drug-likeness (QED) is 0.673. The molecule has 1 aliphatic carbocycles. The van der Waals surface area contributed by atoms with Gasteiger partial charge in [-0.05, 0) is 26.2 Å². The fourth-order valence-electron chi connectivity index (χ4n) is 2.12. The normalized spacial score (nSPS) is 19.2. The Morgan fingerprint density at radius 1 is 1.50 bits per heavy atom. The Bertz CT molecular complexity index is 334. The molecule has 0 aromatic carbocycles. The maximum Gasteiger partial charge on any atom is 0.326 e. The largest absolute Gasteiger partial charge is 0.480 e. The minimum absolute atomic E-state index is 0.201. The molecule has 1 rings (SSSR count). The number of carboxylic acids is 1. The van der Waals surface area contributed by atoms with Crippen molar-refractivity contribution < 1.29 is 19.4 Å². The third-order valence-corrected chi connectivity index (χ3v) is 3.42. The van der Waals surface area contributed by atoms with Crippen molar-refractivity contribution in [2.45, 2.75) is 38.6 Å². The van der Waals surface area contributed by atoms with Gasteiger partial charge in [0.2, 0.25) is 5.91 Å². The van der Waals surface area contributed by atoms with Gasteiger partial charge in [0.25, 0.3) is 0 Å². The molecular weight excluding hydrogens is 234 g/mol. The van der Waals surface area contributed by atoms with E-state index in [1.807, 2.05) is 6.92 Å². The highest BCUT2D eigenvalue weighted by molar-refractivity contribution is 5.88. The number of aliphatic carboxylic acids is 1. The molecule has 1 amide bonds. The first-order valence-corrected chi connectivity index (χ1v) is 6.19. The van der Waals surface area contributed by atoms with Crippen LogP contribution in [0.1, 0.15) is 32.6 Å². The molecule has 1 saturated carbocycles. The third kappa shape index (κ3) is 3.32. The fourth-order valence-corrected chi connectivity index (χ4v) is 2.12. The zero-order chi connectivity index (χ0) is 13.6. The molecule has 0 aromatic heterocycles. The number of amides is 1. The predicted molar refractivity (Wildman–Crippen MR) is 67.2 cm³/mol. The highest BCUT2D eigenvalue weighted by Gasteiger charge is 2.45. The minimum Gasteiger partial charge on any atom is -0.480 e. The van der Waals surface area contributed by atoms with Crippen LogP contribution in [-0.2, 0) is 14.3 Å². The number of carbonyl (C=O) groups is 2. The Hall–Kier alpha value is -1.36. The Morgan fingerprint density at radius 3 is 2.56 bits per heavy atom. The first-order chi connectivity index (χ1) is 8.55. The lowest BCUT2D eigenvalue weighted by Crippen LogP contribution is -2.53. The summed E-state index contributed by atoms with van der Waals surface area (Å²) in [5.74, 6) is -1.21. The average molecular weight is 255 g/mol. The number of carbonyl (C=O) groups excluding carboxylic acids is 1. The van der Waals surface area contributed by atoms with E-state index >= 15 is 0 Å². The van der Waals surface area contributed by atoms with Gasteiger partial charge in [0.1, 0.15) is 6.04 Å². The van der Waals surface area contributed by atoms with Crippen LogP contribution in [0.5, 0.6) is 0 Å². The lowest BCUT2D eigenvalue weighted by atomic mass is 9.68. The molecule has 0 aromatic rings. The fraction of sp³-hybridized carbons (Fsp3) is 0.692. The monoisotopic (exact) mass is 255 g/mol. The Morgan fingerprint density at radius 2 is 2.17 bits per heavy atom. The van der Waals surface area contributed by atoms with E-state index in [9.17, 15) is 9.59 Å². The van der Waals surface area contributed by atoms with Gasteiger partial charge in [-0.1, -0.05) is 18.6 Å². The van der Waals surface area contributed by atoms with Crippen molar-refractivity contribution in [2.75, 3.05) is 13.7 Å². The molecule has 1 unspecified atom stereocenters. The van der Waals surface area contributed by atoms with Crippen LogP contribution in [0.15, 0.2) is 12.2 Å². The summed E-state index contributed by atoms with van der Waals surface area (Å²) in [6.45, 7) is 2.17. The molecule has 0 heterocycles. The summed E-state index contributed by atoms with van der Waals surface area (Å²) in [7, 11) is 1.56. The van der Waals surface area contributed by atoms with Crippen LogP contribution >= 0.6 is 0 Å². The molecule has 0 bridgehead atoms. The van der Waals surface area contributed by atoms with Gasteiger partial charge in [0.05, 0.1) is 12.0 Å². The summed E-state index contributed by atoms with van der Waals surface area (Å²) in [5.41, 5.74) is -0.515. The van der Waals surface area contributed by atoms with E-state index in [0.717, 1.165) is 19.3 Å². The van der Waals surface area contributed by atoms with Gasteiger partial charge >= 0.3 is 5.97 Å². The number of allylic oxidation sites excluding steroid dienone is 1. The van der Waals surface area contributed by atoms with Crippen molar-refractivity contribution in [1.82, 2.24) is 5.32 Å². The molecule has 0 saturated heterocycles. The van der Waals surface area contributed by atoms with Gasteiger partial charge in [0.15, 0.2) is 0 Å². The molecule has 5 nitrogen and oxygen atoms in total. The van der Waals surface area contributed by atoms with Crippen LogP contribution in [0.3, 0.4) is 0 Å². The molecule has 2 N–H and O–H groups in total. The second kappa shape index (κ2) is 6.54. The van der Waals surface area contributed by atoms with Crippen LogP contribution in [0.2, 0.25) is 0 Å². The minimum atomic E-state index is -1.01. The van der Waals surface area contributed by atoms with Crippen LogP contribution in [-0.4, -0.2) is 36.7 Å². The lowest BCUT2D eigenvalue weighted by Gasteiger charge is -2.40. The summed E-state index contributed by atoms with van der Waals surface area (Å²) in [4.78, 5) is 23.2. The number of nitrogens with one attached hydrogen (secondary N) is 1. The molecular formula is C13H21NO4. The van der Waals surface area contributed by atoms with Crippen LogP contribution in [0, 0.1) is 5.41 Å². The predicted octanol–water partition coefficient (Wildman–Crippen LogP) is 1.34. The SMILES string of the molecule is C/C=C/CC(NC(=O)C1(COC)CCC1)C(=O)O.